The third-order valence-corrected chi connectivity index (χ3v) is 1.56. The number of rotatable bonds is 0. The molecule has 4 heteroatoms. The molecule has 0 fully saturated rings. The van der Waals surface area contributed by atoms with E-state index in [4.69, 9.17) is 5.84 Å². The molecule has 11 heavy (non-hydrogen) atoms. The minimum absolute atomic E-state index is 0.639. The highest BCUT2D eigenvalue weighted by Crippen LogP contribution is 2.11. The van der Waals surface area contributed by atoms with Crippen molar-refractivity contribution < 1.29 is 0 Å². The van der Waals surface area contributed by atoms with Crippen LogP contribution in [0.1, 0.15) is 11.4 Å². The lowest BCUT2D eigenvalue weighted by Gasteiger charge is -2.17. The summed E-state index contributed by atoms with van der Waals surface area (Å²) in [5, 5.41) is 1.58. The van der Waals surface area contributed by atoms with Crippen molar-refractivity contribution in [3.63, 3.8) is 0 Å². The molecule has 4 nitrogen and oxygen atoms in total. The SMILES string of the molecule is NN1C=Cc2nccnc2C1. The maximum absolute atomic E-state index is 5.53. The van der Waals surface area contributed by atoms with Crippen LogP contribution < -0.4 is 5.84 Å². The first-order chi connectivity index (χ1) is 5.36. The number of hydrazine groups is 1. The zero-order chi connectivity index (χ0) is 7.68. The van der Waals surface area contributed by atoms with E-state index in [0.717, 1.165) is 11.4 Å². The number of hydrogen-bond donors (Lipinski definition) is 1. The molecular weight excluding hydrogens is 140 g/mol. The molecule has 0 bridgehead atoms. The maximum Gasteiger partial charge on any atom is 0.0879 e. The van der Waals surface area contributed by atoms with Crippen molar-refractivity contribution in [1.82, 2.24) is 15.0 Å². The molecule has 1 aromatic heterocycles. The number of aromatic nitrogens is 2. The Kier molecular flexibility index (Phi) is 1.33. The van der Waals surface area contributed by atoms with Crippen molar-refractivity contribution in [2.45, 2.75) is 6.54 Å². The van der Waals surface area contributed by atoms with E-state index in [1.165, 1.54) is 0 Å². The van der Waals surface area contributed by atoms with E-state index in [-0.39, 0.29) is 0 Å². The Morgan fingerprint density at radius 2 is 2.18 bits per heavy atom. The maximum atomic E-state index is 5.53. The van der Waals surface area contributed by atoms with Crippen LogP contribution >= 0.6 is 0 Å². The summed E-state index contributed by atoms with van der Waals surface area (Å²) >= 11 is 0. The number of nitrogens with zero attached hydrogens (tertiary/aromatic N) is 3. The van der Waals surface area contributed by atoms with Crippen LogP contribution in [-0.4, -0.2) is 15.0 Å². The molecule has 1 aliphatic heterocycles. The summed E-state index contributed by atoms with van der Waals surface area (Å²) in [6, 6.07) is 0. The van der Waals surface area contributed by atoms with E-state index >= 15 is 0 Å². The Labute approximate surface area is 64.3 Å². The van der Waals surface area contributed by atoms with Crippen molar-refractivity contribution in [2.75, 3.05) is 0 Å². The van der Waals surface area contributed by atoms with E-state index in [0.29, 0.717) is 6.54 Å². The minimum atomic E-state index is 0.639. The monoisotopic (exact) mass is 148 g/mol. The fourth-order valence-corrected chi connectivity index (χ4v) is 1.03. The summed E-state index contributed by atoms with van der Waals surface area (Å²) in [6.07, 6.45) is 6.99. The highest BCUT2D eigenvalue weighted by atomic mass is 15.4. The average Bonchev–Trinajstić information content (AvgIpc) is 2.04. The molecule has 2 heterocycles. The first kappa shape index (κ1) is 6.30. The Balaban J connectivity index is 2.46. The quantitative estimate of drug-likeness (QED) is 0.531. The summed E-state index contributed by atoms with van der Waals surface area (Å²) in [5.74, 6) is 5.53. The van der Waals surface area contributed by atoms with Crippen LogP contribution in [0.3, 0.4) is 0 Å². The fourth-order valence-electron chi connectivity index (χ4n) is 1.03. The van der Waals surface area contributed by atoms with Crippen molar-refractivity contribution in [3.8, 4) is 0 Å². The molecule has 2 N–H and O–H groups in total. The first-order valence-electron chi connectivity index (χ1n) is 3.36. The van der Waals surface area contributed by atoms with Gasteiger partial charge >= 0.3 is 0 Å². The smallest absolute Gasteiger partial charge is 0.0879 e. The van der Waals surface area contributed by atoms with Gasteiger partial charge in [0.15, 0.2) is 0 Å². The highest BCUT2D eigenvalue weighted by molar-refractivity contribution is 5.48. The van der Waals surface area contributed by atoms with Gasteiger partial charge in [-0.15, -0.1) is 0 Å². The molecular formula is C7H8N4. The van der Waals surface area contributed by atoms with Crippen LogP contribution in [0.25, 0.3) is 6.08 Å². The second kappa shape index (κ2) is 2.32. The van der Waals surface area contributed by atoms with Crippen molar-refractivity contribution in [3.05, 3.63) is 30.0 Å². The largest absolute Gasteiger partial charge is 0.312 e. The van der Waals surface area contributed by atoms with E-state index in [2.05, 4.69) is 9.97 Å². The predicted molar refractivity (Wildman–Crippen MR) is 40.8 cm³/mol. The van der Waals surface area contributed by atoms with Crippen LogP contribution in [0.15, 0.2) is 18.6 Å². The van der Waals surface area contributed by atoms with Crippen LogP contribution in [0.5, 0.6) is 0 Å². The lowest BCUT2D eigenvalue weighted by Crippen LogP contribution is -2.27. The number of hydrogen-bond acceptors (Lipinski definition) is 4. The van der Waals surface area contributed by atoms with Gasteiger partial charge in [0.25, 0.3) is 0 Å². The van der Waals surface area contributed by atoms with Crippen LogP contribution in [-0.2, 0) is 6.54 Å². The summed E-state index contributed by atoms with van der Waals surface area (Å²) in [7, 11) is 0. The van der Waals surface area contributed by atoms with Crippen molar-refractivity contribution in [2.24, 2.45) is 5.84 Å². The molecule has 0 saturated carbocycles. The van der Waals surface area contributed by atoms with Gasteiger partial charge in [-0.25, -0.2) is 5.84 Å². The molecule has 0 amide bonds. The van der Waals surface area contributed by atoms with Crippen LogP contribution in [0.4, 0.5) is 0 Å². The zero-order valence-corrected chi connectivity index (χ0v) is 5.94. The van der Waals surface area contributed by atoms with Gasteiger partial charge in [0.1, 0.15) is 0 Å². The van der Waals surface area contributed by atoms with Gasteiger partial charge in [-0.2, -0.15) is 0 Å². The molecule has 0 spiro atoms. The van der Waals surface area contributed by atoms with Gasteiger partial charge in [-0.3, -0.25) is 9.97 Å². The van der Waals surface area contributed by atoms with Crippen LogP contribution in [0.2, 0.25) is 0 Å². The topological polar surface area (TPSA) is 55.0 Å². The highest BCUT2D eigenvalue weighted by Gasteiger charge is 2.08. The summed E-state index contributed by atoms with van der Waals surface area (Å²) in [5.41, 5.74) is 1.84. The Hall–Kier alpha value is -1.42. The second-order valence-corrected chi connectivity index (χ2v) is 2.38. The Morgan fingerprint density at radius 3 is 3.09 bits per heavy atom. The molecule has 0 unspecified atom stereocenters. The summed E-state index contributed by atoms with van der Waals surface area (Å²) < 4.78 is 0. The normalized spacial score (nSPS) is 14.8. The number of fused-ring (bicyclic) bond motifs is 1. The fraction of sp³-hybridized carbons (Fsp3) is 0.143. The zero-order valence-electron chi connectivity index (χ0n) is 5.94. The second-order valence-electron chi connectivity index (χ2n) is 2.38. The van der Waals surface area contributed by atoms with E-state index in [1.54, 1.807) is 23.6 Å². The molecule has 0 aliphatic carbocycles. The molecule has 56 valence electrons. The third-order valence-electron chi connectivity index (χ3n) is 1.56. The summed E-state index contributed by atoms with van der Waals surface area (Å²) in [6.45, 7) is 0.639. The predicted octanol–water partition coefficient (Wildman–Crippen LogP) is 0.137. The van der Waals surface area contributed by atoms with Gasteiger partial charge in [0.05, 0.1) is 17.9 Å². The van der Waals surface area contributed by atoms with E-state index < -0.39 is 0 Å². The summed E-state index contributed by atoms with van der Waals surface area (Å²) in [4.78, 5) is 8.26. The van der Waals surface area contributed by atoms with Gasteiger partial charge in [-0.05, 0) is 6.08 Å². The number of nitrogens with two attached hydrogens (primary N) is 1. The molecule has 1 aliphatic rings. The molecule has 1 aromatic rings. The van der Waals surface area contributed by atoms with Gasteiger partial charge in [-0.1, -0.05) is 0 Å². The minimum Gasteiger partial charge on any atom is -0.312 e. The Morgan fingerprint density at radius 1 is 1.36 bits per heavy atom. The van der Waals surface area contributed by atoms with E-state index in [9.17, 15) is 0 Å². The van der Waals surface area contributed by atoms with Crippen molar-refractivity contribution in [1.29, 1.82) is 0 Å². The first-order valence-corrected chi connectivity index (χ1v) is 3.36. The third kappa shape index (κ3) is 1.08. The average molecular weight is 148 g/mol. The lowest BCUT2D eigenvalue weighted by atomic mass is 10.2. The van der Waals surface area contributed by atoms with Crippen LogP contribution in [0, 0.1) is 0 Å². The molecule has 0 aromatic carbocycles. The molecule has 2 rings (SSSR count). The molecule has 0 saturated heterocycles. The lowest BCUT2D eigenvalue weighted by molar-refractivity contribution is 0.377. The van der Waals surface area contributed by atoms with Crippen molar-refractivity contribution >= 4 is 6.08 Å². The Bertz CT molecular complexity index is 294. The van der Waals surface area contributed by atoms with Gasteiger partial charge in [0, 0.05) is 18.6 Å². The molecule has 0 radical (unpaired) electrons. The van der Waals surface area contributed by atoms with Gasteiger partial charge < -0.3 is 5.01 Å². The van der Waals surface area contributed by atoms with E-state index in [1.807, 2.05) is 6.08 Å². The van der Waals surface area contributed by atoms with Gasteiger partial charge in [0.2, 0.25) is 0 Å². The molecule has 0 atom stereocenters. The standard InChI is InChI=1S/C7H8N4/c8-11-4-1-6-7(5-11)10-3-2-9-6/h1-4H,5,8H2.